The third-order valence-corrected chi connectivity index (χ3v) is 6.09. The van der Waals surface area contributed by atoms with Gasteiger partial charge in [-0.25, -0.2) is 4.99 Å². The number of allylic oxidation sites excluding steroid dienone is 1. The summed E-state index contributed by atoms with van der Waals surface area (Å²) >= 11 is 1.37. The highest BCUT2D eigenvalue weighted by atomic mass is 32.2. The summed E-state index contributed by atoms with van der Waals surface area (Å²) in [6.45, 7) is 6.57. The molecule has 1 amide bonds. The molecule has 2 aliphatic rings. The first-order chi connectivity index (χ1) is 13.3. The van der Waals surface area contributed by atoms with Crippen molar-refractivity contribution in [1.29, 1.82) is 0 Å². The second kappa shape index (κ2) is 6.99. The molecule has 1 fully saturated rings. The smallest absolute Gasteiger partial charge is 0.264 e. The minimum absolute atomic E-state index is 0.0128. The minimum atomic E-state index is -0.108. The van der Waals surface area contributed by atoms with Crippen molar-refractivity contribution >= 4 is 45.9 Å². The maximum Gasteiger partial charge on any atom is 0.264 e. The van der Waals surface area contributed by atoms with Gasteiger partial charge in [0.15, 0.2) is 5.17 Å². The third kappa shape index (κ3) is 3.50. The van der Waals surface area contributed by atoms with Crippen LogP contribution in [-0.2, 0) is 4.79 Å². The van der Waals surface area contributed by atoms with Gasteiger partial charge in [0.05, 0.1) is 16.1 Å². The first-order valence-electron chi connectivity index (χ1n) is 9.26. The number of anilines is 1. The maximum atomic E-state index is 12.4. The molecule has 0 atom stereocenters. The first kappa shape index (κ1) is 18.6. The molecule has 0 unspecified atom stereocenters. The average Bonchev–Trinajstić information content (AvgIpc) is 2.99. The summed E-state index contributed by atoms with van der Waals surface area (Å²) in [6.07, 6.45) is 4.22. The monoisotopic (exact) mass is 389 g/mol. The van der Waals surface area contributed by atoms with E-state index in [0.29, 0.717) is 10.1 Å². The molecule has 0 aliphatic carbocycles. The van der Waals surface area contributed by atoms with Crippen molar-refractivity contribution in [1.82, 2.24) is 5.32 Å². The highest BCUT2D eigenvalue weighted by Crippen LogP contribution is 2.39. The normalized spacial score (nSPS) is 20.9. The second-order valence-electron chi connectivity index (χ2n) is 7.63. The molecule has 2 aliphatic heterocycles. The molecule has 0 spiro atoms. The van der Waals surface area contributed by atoms with Gasteiger partial charge in [-0.05, 0) is 74.0 Å². The van der Waals surface area contributed by atoms with E-state index in [4.69, 9.17) is 0 Å². The van der Waals surface area contributed by atoms with Gasteiger partial charge in [-0.15, -0.1) is 0 Å². The molecule has 1 N–H and O–H groups in total. The Morgan fingerprint density at radius 1 is 1.14 bits per heavy atom. The number of nitrogens with zero attached hydrogens (tertiary/aromatic N) is 2. The number of amidine groups is 1. The molecule has 142 valence electrons. The van der Waals surface area contributed by atoms with Crippen LogP contribution in [0.1, 0.15) is 31.9 Å². The number of nitrogens with one attached hydrogen (secondary N) is 1. The summed E-state index contributed by atoms with van der Waals surface area (Å²) in [4.78, 5) is 19.8. The van der Waals surface area contributed by atoms with Gasteiger partial charge in [-0.1, -0.05) is 30.3 Å². The van der Waals surface area contributed by atoms with E-state index >= 15 is 0 Å². The molecule has 2 aromatic rings. The fourth-order valence-electron chi connectivity index (χ4n) is 3.52. The Balaban J connectivity index is 1.63. The molecule has 5 heteroatoms. The predicted molar refractivity (Wildman–Crippen MR) is 120 cm³/mol. The average molecular weight is 390 g/mol. The lowest BCUT2D eigenvalue weighted by atomic mass is 9.88. The van der Waals surface area contributed by atoms with Crippen molar-refractivity contribution < 1.29 is 4.79 Å². The Bertz CT molecular complexity index is 1040. The van der Waals surface area contributed by atoms with Crippen LogP contribution in [0.15, 0.2) is 64.5 Å². The standard InChI is InChI=1S/C23H23N3OS/c1-15-14-23(2,3)26(4)19-11-10-16(12-18(15)19)13-20-21(27)25-22(28-20)24-17-8-6-5-7-9-17/h5-14H,1-4H3,(H,24,25,27)/b20-13+. The molecule has 2 aromatic carbocycles. The van der Waals surface area contributed by atoms with E-state index in [1.54, 1.807) is 0 Å². The van der Waals surface area contributed by atoms with Crippen molar-refractivity contribution in [3.8, 4) is 0 Å². The van der Waals surface area contributed by atoms with Gasteiger partial charge in [0, 0.05) is 18.3 Å². The van der Waals surface area contributed by atoms with E-state index in [1.165, 1.54) is 28.6 Å². The lowest BCUT2D eigenvalue weighted by Crippen LogP contribution is -2.42. The van der Waals surface area contributed by atoms with Crippen molar-refractivity contribution in [3.05, 3.63) is 70.6 Å². The van der Waals surface area contributed by atoms with Gasteiger partial charge in [0.25, 0.3) is 5.91 Å². The van der Waals surface area contributed by atoms with Crippen LogP contribution in [0.4, 0.5) is 11.4 Å². The fraction of sp³-hybridized carbons (Fsp3) is 0.217. The van der Waals surface area contributed by atoms with E-state index in [0.717, 1.165) is 11.3 Å². The molecule has 1 saturated heterocycles. The number of carbonyl (C=O) groups excluding carboxylic acids is 1. The Hall–Kier alpha value is -2.79. The number of para-hydroxylation sites is 1. The van der Waals surface area contributed by atoms with Gasteiger partial charge in [0.1, 0.15) is 0 Å². The summed E-state index contributed by atoms with van der Waals surface area (Å²) in [7, 11) is 2.12. The van der Waals surface area contributed by atoms with Crippen LogP contribution in [-0.4, -0.2) is 23.7 Å². The third-order valence-electron chi connectivity index (χ3n) is 5.18. The zero-order valence-electron chi connectivity index (χ0n) is 16.5. The molecule has 0 radical (unpaired) electrons. The van der Waals surface area contributed by atoms with Crippen LogP contribution in [0, 0.1) is 0 Å². The molecule has 4 rings (SSSR count). The van der Waals surface area contributed by atoms with E-state index < -0.39 is 0 Å². The number of aliphatic imine (C=N–C) groups is 1. The molecule has 28 heavy (non-hydrogen) atoms. The van der Waals surface area contributed by atoms with Crippen LogP contribution in [0.25, 0.3) is 11.6 Å². The van der Waals surface area contributed by atoms with Gasteiger partial charge in [-0.2, -0.15) is 0 Å². The van der Waals surface area contributed by atoms with E-state index in [1.807, 2.05) is 36.4 Å². The van der Waals surface area contributed by atoms with Gasteiger partial charge in [0.2, 0.25) is 0 Å². The van der Waals surface area contributed by atoms with E-state index in [-0.39, 0.29) is 11.4 Å². The molecule has 0 bridgehead atoms. The van der Waals surface area contributed by atoms with E-state index in [9.17, 15) is 4.79 Å². The van der Waals surface area contributed by atoms with Crippen LogP contribution >= 0.6 is 11.8 Å². The summed E-state index contributed by atoms with van der Waals surface area (Å²) in [5, 5.41) is 3.46. The topological polar surface area (TPSA) is 44.7 Å². The highest BCUT2D eigenvalue weighted by molar-refractivity contribution is 8.18. The maximum absolute atomic E-state index is 12.4. The summed E-state index contributed by atoms with van der Waals surface area (Å²) in [6, 6.07) is 16.0. The lowest BCUT2D eigenvalue weighted by molar-refractivity contribution is -0.115. The zero-order valence-corrected chi connectivity index (χ0v) is 17.3. The van der Waals surface area contributed by atoms with Crippen molar-refractivity contribution in [3.63, 3.8) is 0 Å². The van der Waals surface area contributed by atoms with Crippen molar-refractivity contribution in [2.24, 2.45) is 4.99 Å². The summed E-state index contributed by atoms with van der Waals surface area (Å²) < 4.78 is 0. The van der Waals surface area contributed by atoms with Crippen LogP contribution in [0.3, 0.4) is 0 Å². The minimum Gasteiger partial charge on any atom is -0.366 e. The van der Waals surface area contributed by atoms with Crippen LogP contribution < -0.4 is 10.2 Å². The number of benzene rings is 2. The van der Waals surface area contributed by atoms with Crippen molar-refractivity contribution in [2.75, 3.05) is 11.9 Å². The molecule has 2 heterocycles. The number of fused-ring (bicyclic) bond motifs is 1. The molecular formula is C23H23N3OS. The molecule has 4 nitrogen and oxygen atoms in total. The van der Waals surface area contributed by atoms with Gasteiger partial charge < -0.3 is 10.2 Å². The second-order valence-corrected chi connectivity index (χ2v) is 8.66. The van der Waals surface area contributed by atoms with Crippen molar-refractivity contribution in [2.45, 2.75) is 26.3 Å². The SMILES string of the molecule is CC1=CC(C)(C)N(C)c2ccc(/C=C3/SC(=Nc4ccccc4)NC3=O)cc21. The predicted octanol–water partition coefficient (Wildman–Crippen LogP) is 5.21. The Morgan fingerprint density at radius 2 is 1.89 bits per heavy atom. The first-order valence-corrected chi connectivity index (χ1v) is 10.1. The molecule has 0 saturated carbocycles. The number of carbonyl (C=O) groups is 1. The zero-order chi connectivity index (χ0) is 19.9. The summed E-state index contributed by atoms with van der Waals surface area (Å²) in [5.41, 5.74) is 5.50. The largest absolute Gasteiger partial charge is 0.366 e. The molecular weight excluding hydrogens is 366 g/mol. The number of thioether (sulfide) groups is 1. The quantitative estimate of drug-likeness (QED) is 0.717. The molecule has 0 aromatic heterocycles. The van der Waals surface area contributed by atoms with Crippen LogP contribution in [0.2, 0.25) is 0 Å². The van der Waals surface area contributed by atoms with E-state index in [2.05, 4.69) is 67.3 Å². The summed E-state index contributed by atoms with van der Waals surface area (Å²) in [5.74, 6) is -0.108. The van der Waals surface area contributed by atoms with Gasteiger partial charge in [-0.3, -0.25) is 4.79 Å². The highest BCUT2D eigenvalue weighted by Gasteiger charge is 2.29. The lowest BCUT2D eigenvalue weighted by Gasteiger charge is -2.40. The van der Waals surface area contributed by atoms with Gasteiger partial charge >= 0.3 is 0 Å². The number of likely N-dealkylation sites (N-methyl/N-ethyl adjacent to an activating group) is 1. The Labute approximate surface area is 170 Å². The number of rotatable bonds is 2. The fourth-order valence-corrected chi connectivity index (χ4v) is 4.36. The number of hydrogen-bond acceptors (Lipinski definition) is 4. The van der Waals surface area contributed by atoms with Crippen LogP contribution in [0.5, 0.6) is 0 Å². The number of amides is 1. The Kier molecular flexibility index (Phi) is 4.63. The number of hydrogen-bond donors (Lipinski definition) is 1. The Morgan fingerprint density at radius 3 is 2.64 bits per heavy atom.